The molecule has 1 nitrogen and oxygen atoms in total. The molecule has 0 spiro atoms. The minimum atomic E-state index is 0.695. The summed E-state index contributed by atoms with van der Waals surface area (Å²) in [6.45, 7) is 4.41. The largest absolute Gasteiger partial charge is 0.388 e. The molecule has 0 aliphatic heterocycles. The van der Waals surface area contributed by atoms with Crippen molar-refractivity contribution in [2.45, 2.75) is 26.7 Å². The van der Waals surface area contributed by atoms with Gasteiger partial charge < -0.3 is 5.32 Å². The Hall–Kier alpha value is -1.16. The van der Waals surface area contributed by atoms with Gasteiger partial charge in [-0.15, -0.1) is 12.3 Å². The second-order valence-corrected chi connectivity index (χ2v) is 3.35. The SMILES string of the molecule is C#CC/C=C\C(=C/CC(C)C)NC. The van der Waals surface area contributed by atoms with Crippen LogP contribution in [0.5, 0.6) is 0 Å². The van der Waals surface area contributed by atoms with Gasteiger partial charge in [-0.05, 0) is 18.4 Å². The fraction of sp³-hybridized carbons (Fsp3) is 0.500. The van der Waals surface area contributed by atoms with E-state index < -0.39 is 0 Å². The standard InChI is InChI=1S/C12H19N/c1-5-6-7-8-12(13-4)10-9-11(2)3/h1,7-8,10-11,13H,6,9H2,2-4H3/b8-7-,12-10+. The lowest BCUT2D eigenvalue weighted by atomic mass is 10.1. The Morgan fingerprint density at radius 2 is 2.23 bits per heavy atom. The van der Waals surface area contributed by atoms with Crippen LogP contribution >= 0.6 is 0 Å². The van der Waals surface area contributed by atoms with Crippen molar-refractivity contribution in [1.29, 1.82) is 0 Å². The number of hydrogen-bond acceptors (Lipinski definition) is 1. The third-order valence-electron chi connectivity index (χ3n) is 1.63. The molecule has 0 aromatic rings. The molecule has 0 saturated carbocycles. The van der Waals surface area contributed by atoms with Gasteiger partial charge in [0.2, 0.25) is 0 Å². The van der Waals surface area contributed by atoms with Crippen LogP contribution in [0, 0.1) is 18.3 Å². The van der Waals surface area contributed by atoms with Gasteiger partial charge in [-0.25, -0.2) is 0 Å². The van der Waals surface area contributed by atoms with E-state index in [4.69, 9.17) is 6.42 Å². The highest BCUT2D eigenvalue weighted by molar-refractivity contribution is 5.17. The van der Waals surface area contributed by atoms with Crippen molar-refractivity contribution in [3.8, 4) is 12.3 Å². The summed E-state index contributed by atoms with van der Waals surface area (Å²) in [5.41, 5.74) is 1.14. The molecule has 0 rings (SSSR count). The van der Waals surface area contributed by atoms with Gasteiger partial charge in [0.25, 0.3) is 0 Å². The van der Waals surface area contributed by atoms with Gasteiger partial charge in [0.05, 0.1) is 0 Å². The fourth-order valence-electron chi connectivity index (χ4n) is 0.870. The molecule has 0 aromatic heterocycles. The molecule has 0 amide bonds. The average Bonchev–Trinajstić information content (AvgIpc) is 2.10. The van der Waals surface area contributed by atoms with Gasteiger partial charge in [-0.3, -0.25) is 0 Å². The highest BCUT2D eigenvalue weighted by Crippen LogP contribution is 2.03. The van der Waals surface area contributed by atoms with Crippen LogP contribution in [0.15, 0.2) is 23.9 Å². The van der Waals surface area contributed by atoms with E-state index in [1.165, 1.54) is 0 Å². The second kappa shape index (κ2) is 7.49. The maximum atomic E-state index is 5.14. The Labute approximate surface area is 81.9 Å². The predicted molar refractivity (Wildman–Crippen MR) is 59.2 cm³/mol. The Kier molecular flexibility index (Phi) is 6.82. The molecule has 1 N–H and O–H groups in total. The summed E-state index contributed by atoms with van der Waals surface area (Å²) in [5, 5.41) is 3.12. The molecule has 0 saturated heterocycles. The quantitative estimate of drug-likeness (QED) is 0.503. The minimum absolute atomic E-state index is 0.695. The first-order valence-corrected chi connectivity index (χ1v) is 4.68. The molecule has 1 heteroatoms. The van der Waals surface area contributed by atoms with Crippen molar-refractivity contribution < 1.29 is 0 Å². The number of allylic oxidation sites excluding steroid dienone is 3. The molecule has 0 radical (unpaired) electrons. The summed E-state index contributed by atoms with van der Waals surface area (Å²) in [6.07, 6.45) is 13.1. The van der Waals surface area contributed by atoms with Crippen LogP contribution < -0.4 is 5.32 Å². The summed E-state index contributed by atoms with van der Waals surface area (Å²) >= 11 is 0. The minimum Gasteiger partial charge on any atom is -0.388 e. The summed E-state index contributed by atoms with van der Waals surface area (Å²) in [6, 6.07) is 0. The van der Waals surface area contributed by atoms with Crippen molar-refractivity contribution in [3.05, 3.63) is 23.9 Å². The topological polar surface area (TPSA) is 12.0 Å². The summed E-state index contributed by atoms with van der Waals surface area (Å²) in [5.74, 6) is 3.27. The van der Waals surface area contributed by atoms with E-state index in [0.717, 1.165) is 12.1 Å². The molecular weight excluding hydrogens is 158 g/mol. The molecule has 13 heavy (non-hydrogen) atoms. The van der Waals surface area contributed by atoms with Crippen LogP contribution in [-0.2, 0) is 0 Å². The summed E-state index contributed by atoms with van der Waals surface area (Å²) in [7, 11) is 1.92. The summed E-state index contributed by atoms with van der Waals surface area (Å²) < 4.78 is 0. The normalized spacial score (nSPS) is 12.1. The lowest BCUT2D eigenvalue weighted by Crippen LogP contribution is -2.03. The number of nitrogens with one attached hydrogen (secondary N) is 1. The third-order valence-corrected chi connectivity index (χ3v) is 1.63. The predicted octanol–water partition coefficient (Wildman–Crippen LogP) is 2.72. The van der Waals surface area contributed by atoms with Crippen molar-refractivity contribution in [1.82, 2.24) is 5.32 Å². The Morgan fingerprint density at radius 3 is 2.69 bits per heavy atom. The van der Waals surface area contributed by atoms with E-state index >= 15 is 0 Å². The van der Waals surface area contributed by atoms with Gasteiger partial charge >= 0.3 is 0 Å². The number of hydrogen-bond donors (Lipinski definition) is 1. The maximum Gasteiger partial charge on any atom is 0.0294 e. The number of likely N-dealkylation sites (N-methyl/N-ethyl adjacent to an activating group) is 1. The lowest BCUT2D eigenvalue weighted by Gasteiger charge is -2.02. The Bertz CT molecular complexity index is 216. The van der Waals surface area contributed by atoms with E-state index in [9.17, 15) is 0 Å². The highest BCUT2D eigenvalue weighted by Gasteiger charge is 1.90. The molecule has 0 unspecified atom stereocenters. The zero-order chi connectivity index (χ0) is 10.1. The van der Waals surface area contributed by atoms with Gasteiger partial charge in [0.1, 0.15) is 0 Å². The molecule has 0 fully saturated rings. The smallest absolute Gasteiger partial charge is 0.0294 e. The second-order valence-electron chi connectivity index (χ2n) is 3.35. The molecule has 0 atom stereocenters. The van der Waals surface area contributed by atoms with E-state index in [1.807, 2.05) is 19.2 Å². The first-order chi connectivity index (χ1) is 6.20. The van der Waals surface area contributed by atoms with Crippen LogP contribution in [-0.4, -0.2) is 7.05 Å². The molecule has 0 aliphatic carbocycles. The van der Waals surface area contributed by atoms with E-state index in [2.05, 4.69) is 31.2 Å². The van der Waals surface area contributed by atoms with Gasteiger partial charge in [-0.2, -0.15) is 0 Å². The van der Waals surface area contributed by atoms with Crippen LogP contribution in [0.4, 0.5) is 0 Å². The maximum absolute atomic E-state index is 5.14. The highest BCUT2D eigenvalue weighted by atomic mass is 14.8. The van der Waals surface area contributed by atoms with Crippen LogP contribution in [0.2, 0.25) is 0 Å². The fourth-order valence-corrected chi connectivity index (χ4v) is 0.870. The molecule has 0 aromatic carbocycles. The van der Waals surface area contributed by atoms with Crippen molar-refractivity contribution in [3.63, 3.8) is 0 Å². The summed E-state index contributed by atoms with van der Waals surface area (Å²) in [4.78, 5) is 0. The zero-order valence-corrected chi connectivity index (χ0v) is 8.80. The monoisotopic (exact) mass is 177 g/mol. The Morgan fingerprint density at radius 1 is 1.54 bits per heavy atom. The number of rotatable bonds is 5. The molecule has 0 aliphatic rings. The van der Waals surface area contributed by atoms with Gasteiger partial charge in [0, 0.05) is 19.2 Å². The molecule has 0 heterocycles. The Balaban J connectivity index is 4.02. The van der Waals surface area contributed by atoms with Gasteiger partial charge in [0.15, 0.2) is 0 Å². The van der Waals surface area contributed by atoms with E-state index in [-0.39, 0.29) is 0 Å². The molecular formula is C12H19N. The van der Waals surface area contributed by atoms with Crippen molar-refractivity contribution >= 4 is 0 Å². The molecule has 0 bridgehead atoms. The zero-order valence-electron chi connectivity index (χ0n) is 8.80. The first kappa shape index (κ1) is 11.8. The van der Waals surface area contributed by atoms with Gasteiger partial charge in [-0.1, -0.05) is 26.0 Å². The first-order valence-electron chi connectivity index (χ1n) is 4.68. The van der Waals surface area contributed by atoms with Crippen molar-refractivity contribution in [2.75, 3.05) is 7.05 Å². The van der Waals surface area contributed by atoms with Crippen molar-refractivity contribution in [2.24, 2.45) is 5.92 Å². The average molecular weight is 177 g/mol. The van der Waals surface area contributed by atoms with E-state index in [0.29, 0.717) is 12.3 Å². The lowest BCUT2D eigenvalue weighted by molar-refractivity contribution is 0.659. The van der Waals surface area contributed by atoms with E-state index in [1.54, 1.807) is 0 Å². The van der Waals surface area contributed by atoms with Crippen LogP contribution in [0.1, 0.15) is 26.7 Å². The van der Waals surface area contributed by atoms with Crippen LogP contribution in [0.25, 0.3) is 0 Å². The molecule has 72 valence electrons. The third kappa shape index (κ3) is 7.21. The number of terminal acetylenes is 1. The van der Waals surface area contributed by atoms with Crippen LogP contribution in [0.3, 0.4) is 0 Å².